The number of piperazine rings is 1. The fraction of sp³-hybridized carbons (Fsp3) is 0.444. The minimum Gasteiger partial charge on any atom is -0.462 e. The van der Waals surface area contributed by atoms with Gasteiger partial charge in [-0.25, -0.2) is 14.8 Å². The highest BCUT2D eigenvalue weighted by Gasteiger charge is 2.42. The van der Waals surface area contributed by atoms with Gasteiger partial charge in [0.1, 0.15) is 4.88 Å². The zero-order valence-corrected chi connectivity index (χ0v) is 23.8. The number of fused-ring (bicyclic) bond motifs is 5. The van der Waals surface area contributed by atoms with Gasteiger partial charge in [0.05, 0.1) is 22.2 Å². The largest absolute Gasteiger partial charge is 0.573 e. The fourth-order valence-electron chi connectivity index (χ4n) is 5.71. The number of carbonyl (C=O) groups excluding carboxylic acids is 1. The van der Waals surface area contributed by atoms with Crippen molar-refractivity contribution in [2.24, 2.45) is 0 Å². The van der Waals surface area contributed by atoms with E-state index >= 15 is 0 Å². The van der Waals surface area contributed by atoms with Crippen molar-refractivity contribution in [2.75, 3.05) is 43.2 Å². The van der Waals surface area contributed by atoms with Crippen molar-refractivity contribution in [1.29, 1.82) is 0 Å². The Labute approximate surface area is 237 Å². The summed E-state index contributed by atoms with van der Waals surface area (Å²) in [5.41, 5.74) is 4.27. The lowest BCUT2D eigenvalue weighted by Gasteiger charge is -2.55. The number of halogens is 3. The van der Waals surface area contributed by atoms with Gasteiger partial charge in [0.15, 0.2) is 5.75 Å². The molecule has 8 nitrogen and oxygen atoms in total. The number of thioether (sulfide) groups is 1. The van der Waals surface area contributed by atoms with Gasteiger partial charge < -0.3 is 19.7 Å². The second-order valence-electron chi connectivity index (χ2n) is 10.0. The van der Waals surface area contributed by atoms with Gasteiger partial charge in [-0.15, -0.1) is 36.3 Å². The third kappa shape index (κ3) is 4.99. The molecule has 212 valence electrons. The van der Waals surface area contributed by atoms with Crippen LogP contribution in [0.15, 0.2) is 28.6 Å². The van der Waals surface area contributed by atoms with Crippen LogP contribution in [0.4, 0.5) is 30.5 Å². The van der Waals surface area contributed by atoms with Crippen LogP contribution in [0.5, 0.6) is 5.75 Å². The van der Waals surface area contributed by atoms with Crippen molar-refractivity contribution in [3.63, 3.8) is 0 Å². The Morgan fingerprint density at radius 1 is 1.25 bits per heavy atom. The second-order valence-corrected chi connectivity index (χ2v) is 12.1. The molecule has 2 bridgehead atoms. The summed E-state index contributed by atoms with van der Waals surface area (Å²) < 4.78 is 50.4. The van der Waals surface area contributed by atoms with E-state index in [0.717, 1.165) is 46.1 Å². The molecule has 2 aromatic heterocycles. The minimum atomic E-state index is -4.85. The molecule has 0 radical (unpaired) electrons. The Morgan fingerprint density at radius 3 is 2.70 bits per heavy atom. The van der Waals surface area contributed by atoms with Crippen LogP contribution in [-0.4, -0.2) is 72.3 Å². The summed E-state index contributed by atoms with van der Waals surface area (Å²) in [4.78, 5) is 26.9. The van der Waals surface area contributed by atoms with E-state index in [0.29, 0.717) is 35.5 Å². The maximum atomic E-state index is 13.3. The lowest BCUT2D eigenvalue weighted by Crippen LogP contribution is -2.67. The van der Waals surface area contributed by atoms with Gasteiger partial charge in [0.2, 0.25) is 5.95 Å². The molecule has 1 aliphatic carbocycles. The standard InChI is InChI=1S/C27H28F3N5O3S2/c1-4-37-24(36)23-18-7-5-14-11-31-26(33-22(14)21(18)25(39-3)40-23)32-19-10-15(6-8-20(19)38-27(28,29)30)35-12-16-9-17(13-35)34(16)2/h6,8,10-11,16-17H,4-5,7,9,12-13H2,1-3H3,(H,31,32,33). The number of esters is 1. The zero-order valence-electron chi connectivity index (χ0n) is 22.2. The number of aromatic nitrogens is 2. The average molecular weight is 592 g/mol. The number of aryl methyl sites for hydroxylation is 1. The van der Waals surface area contributed by atoms with E-state index in [1.807, 2.05) is 6.26 Å². The van der Waals surface area contributed by atoms with Crippen molar-refractivity contribution in [3.8, 4) is 17.0 Å². The lowest BCUT2D eigenvalue weighted by molar-refractivity contribution is -0.274. The normalized spacial score (nSPS) is 19.9. The third-order valence-corrected chi connectivity index (χ3v) is 10.1. The molecule has 4 aliphatic rings. The average Bonchev–Trinajstić information content (AvgIpc) is 3.32. The van der Waals surface area contributed by atoms with E-state index in [1.54, 1.807) is 25.3 Å². The molecule has 3 saturated heterocycles. The second kappa shape index (κ2) is 10.4. The van der Waals surface area contributed by atoms with Gasteiger partial charge >= 0.3 is 12.3 Å². The molecule has 2 atom stereocenters. The molecule has 40 heavy (non-hydrogen) atoms. The van der Waals surface area contributed by atoms with E-state index in [2.05, 4.69) is 31.9 Å². The molecular weight excluding hydrogens is 563 g/mol. The zero-order chi connectivity index (χ0) is 28.2. The number of anilines is 3. The molecule has 13 heteroatoms. The highest BCUT2D eigenvalue weighted by Crippen LogP contribution is 2.46. The number of likely N-dealkylation sites (N-methyl/N-ethyl adjacent to an activating group) is 1. The summed E-state index contributed by atoms with van der Waals surface area (Å²) in [5, 5.41) is 2.99. The van der Waals surface area contributed by atoms with Crippen LogP contribution in [0.1, 0.15) is 34.1 Å². The summed E-state index contributed by atoms with van der Waals surface area (Å²) in [5.74, 6) is -0.567. The topological polar surface area (TPSA) is 79.8 Å². The van der Waals surface area contributed by atoms with Gasteiger partial charge in [-0.05, 0) is 68.8 Å². The van der Waals surface area contributed by atoms with Gasteiger partial charge in [0.25, 0.3) is 0 Å². The number of nitrogens with one attached hydrogen (secondary N) is 1. The molecule has 1 aromatic carbocycles. The summed E-state index contributed by atoms with van der Waals surface area (Å²) in [7, 11) is 2.11. The molecule has 0 spiro atoms. The van der Waals surface area contributed by atoms with E-state index in [-0.39, 0.29) is 30.0 Å². The van der Waals surface area contributed by atoms with Crippen LogP contribution < -0.4 is 15.0 Å². The van der Waals surface area contributed by atoms with Gasteiger partial charge in [-0.2, -0.15) is 0 Å². The van der Waals surface area contributed by atoms with Crippen LogP contribution in [0.3, 0.4) is 0 Å². The first-order valence-corrected chi connectivity index (χ1v) is 15.1. The number of thiophene rings is 1. The quantitative estimate of drug-likeness (QED) is 0.273. The highest BCUT2D eigenvalue weighted by atomic mass is 32.2. The first kappa shape index (κ1) is 27.2. The molecule has 2 unspecified atom stereocenters. The third-order valence-electron chi connectivity index (χ3n) is 7.73. The van der Waals surface area contributed by atoms with Crippen LogP contribution in [0, 0.1) is 0 Å². The molecular formula is C27H28F3N5O3S2. The molecule has 7 rings (SSSR count). The smallest absolute Gasteiger partial charge is 0.462 e. The number of piperidine rings is 1. The Bertz CT molecular complexity index is 1450. The van der Waals surface area contributed by atoms with Gasteiger partial charge in [-0.1, -0.05) is 0 Å². The summed E-state index contributed by atoms with van der Waals surface area (Å²) in [6.07, 6.45) is 1.21. The molecule has 3 aliphatic heterocycles. The molecule has 3 fully saturated rings. The number of rotatable bonds is 7. The maximum Gasteiger partial charge on any atom is 0.573 e. The van der Waals surface area contributed by atoms with Crippen molar-refractivity contribution in [1.82, 2.24) is 14.9 Å². The number of benzene rings is 1. The van der Waals surface area contributed by atoms with Crippen molar-refractivity contribution in [2.45, 2.75) is 48.8 Å². The van der Waals surface area contributed by atoms with E-state index in [1.165, 1.54) is 29.2 Å². The molecule has 0 amide bonds. The number of carbonyl (C=O) groups is 1. The van der Waals surface area contributed by atoms with Gasteiger partial charge in [0, 0.05) is 42.6 Å². The van der Waals surface area contributed by atoms with E-state index in [4.69, 9.17) is 9.72 Å². The molecule has 3 aromatic rings. The summed E-state index contributed by atoms with van der Waals surface area (Å²) in [6.45, 7) is 3.67. The number of alkyl halides is 3. The van der Waals surface area contributed by atoms with Crippen LogP contribution in [-0.2, 0) is 17.6 Å². The lowest BCUT2D eigenvalue weighted by atomic mass is 9.88. The van der Waals surface area contributed by atoms with Crippen LogP contribution in [0.2, 0.25) is 0 Å². The molecule has 0 saturated carbocycles. The predicted octanol–water partition coefficient (Wildman–Crippen LogP) is 5.74. The number of ether oxygens (including phenoxy) is 2. The first-order valence-electron chi connectivity index (χ1n) is 13.0. The monoisotopic (exact) mass is 591 g/mol. The van der Waals surface area contributed by atoms with E-state index < -0.39 is 6.36 Å². The molecule has 1 N–H and O–H groups in total. The Hall–Kier alpha value is -3.03. The number of nitrogens with zero attached hydrogens (tertiary/aromatic N) is 4. The molecule has 5 heterocycles. The van der Waals surface area contributed by atoms with Gasteiger partial charge in [-0.3, -0.25) is 4.90 Å². The van der Waals surface area contributed by atoms with Crippen molar-refractivity contribution in [3.05, 3.63) is 40.4 Å². The minimum absolute atomic E-state index is 0.126. The Morgan fingerprint density at radius 2 is 2.02 bits per heavy atom. The fourth-order valence-corrected chi connectivity index (χ4v) is 7.69. The van der Waals surface area contributed by atoms with Crippen molar-refractivity contribution >= 4 is 46.4 Å². The maximum absolute atomic E-state index is 13.3. The van der Waals surface area contributed by atoms with Crippen LogP contribution >= 0.6 is 23.1 Å². The van der Waals surface area contributed by atoms with E-state index in [9.17, 15) is 18.0 Å². The predicted molar refractivity (Wildman–Crippen MR) is 149 cm³/mol. The SMILES string of the molecule is CCOC(=O)c1sc(SC)c2c1CCc1cnc(Nc3cc(N4CC5CC(C4)N5C)ccc3OC(F)(F)F)nc1-2. The number of hydrogen-bond acceptors (Lipinski definition) is 10. The van der Waals surface area contributed by atoms with Crippen molar-refractivity contribution < 1.29 is 27.4 Å². The first-order chi connectivity index (χ1) is 19.1. The van der Waals surface area contributed by atoms with Crippen LogP contribution in [0.25, 0.3) is 11.3 Å². The highest BCUT2D eigenvalue weighted by molar-refractivity contribution is 8.00. The Kier molecular flexibility index (Phi) is 7.07. The number of hydrogen-bond donors (Lipinski definition) is 1. The Balaban J connectivity index is 1.35. The summed E-state index contributed by atoms with van der Waals surface area (Å²) >= 11 is 2.90. The summed E-state index contributed by atoms with van der Waals surface area (Å²) in [6, 6.07) is 5.54.